The molecule has 0 bridgehead atoms. The topological polar surface area (TPSA) is 56.5 Å². The Balaban J connectivity index is 2.02. The van der Waals surface area contributed by atoms with Crippen LogP contribution in [0.15, 0.2) is 42.9 Å². The number of hydrogen-bond acceptors (Lipinski definition) is 4. The van der Waals surface area contributed by atoms with Gasteiger partial charge in [0, 0.05) is 11.8 Å². The number of carbonyl (C=O) groups excluding carboxylic acids is 1. The van der Waals surface area contributed by atoms with Crippen molar-refractivity contribution in [2.75, 3.05) is 0 Å². The molecule has 0 unspecified atom stereocenters. The number of ether oxygens (including phenoxy) is 1. The summed E-state index contributed by atoms with van der Waals surface area (Å²) < 4.78 is 7.75. The highest BCUT2D eigenvalue weighted by Gasteiger charge is 2.05. The van der Waals surface area contributed by atoms with Crippen molar-refractivity contribution in [2.24, 2.45) is 0 Å². The van der Waals surface area contributed by atoms with Gasteiger partial charge in [0.25, 0.3) is 6.47 Å². The second-order valence-electron chi connectivity index (χ2n) is 3.82. The molecule has 19 heavy (non-hydrogen) atoms. The molecule has 0 saturated carbocycles. The fourth-order valence-electron chi connectivity index (χ4n) is 1.77. The summed E-state index contributed by atoms with van der Waals surface area (Å²) in [6.07, 6.45) is 5.45. The average Bonchev–Trinajstić information content (AvgIpc) is 2.81. The van der Waals surface area contributed by atoms with Crippen LogP contribution in [0.4, 0.5) is 0 Å². The number of carbonyl (C=O) groups is 1. The molecule has 3 rings (SSSR count). The second-order valence-corrected chi connectivity index (χ2v) is 4.93. The van der Waals surface area contributed by atoms with Gasteiger partial charge in [-0.25, -0.2) is 4.98 Å². The van der Waals surface area contributed by atoms with E-state index in [0.29, 0.717) is 12.2 Å². The van der Waals surface area contributed by atoms with Crippen molar-refractivity contribution >= 4 is 34.7 Å². The molecular weight excluding hydrogens is 357 g/mol. The van der Waals surface area contributed by atoms with Crippen molar-refractivity contribution in [3.8, 4) is 17.0 Å². The molecule has 2 aromatic heterocycles. The first kappa shape index (κ1) is 12.1. The molecule has 0 aliphatic rings. The van der Waals surface area contributed by atoms with E-state index in [1.165, 1.54) is 0 Å². The first-order valence-corrected chi connectivity index (χ1v) is 6.55. The van der Waals surface area contributed by atoms with Crippen LogP contribution in [0.2, 0.25) is 0 Å². The number of rotatable bonds is 3. The molecule has 0 N–H and O–H groups in total. The lowest BCUT2D eigenvalue weighted by Crippen LogP contribution is -1.93. The summed E-state index contributed by atoms with van der Waals surface area (Å²) in [6, 6.07) is 7.18. The van der Waals surface area contributed by atoms with E-state index in [9.17, 15) is 4.79 Å². The zero-order chi connectivity index (χ0) is 13.2. The van der Waals surface area contributed by atoms with Crippen LogP contribution in [0.3, 0.4) is 0 Å². The van der Waals surface area contributed by atoms with Crippen LogP contribution in [0.25, 0.3) is 16.9 Å². The van der Waals surface area contributed by atoms with E-state index in [1.54, 1.807) is 24.5 Å². The van der Waals surface area contributed by atoms with Gasteiger partial charge in [0.1, 0.15) is 9.45 Å². The molecule has 0 fully saturated rings. The summed E-state index contributed by atoms with van der Waals surface area (Å²) in [4.78, 5) is 18.8. The standard InChI is InChI=1S/C13H8IN3O2/c14-12-5-16-13-6-15-11(7-17(12)13)9-1-3-10(4-2-9)19-8-18/h1-8H. The van der Waals surface area contributed by atoms with Crippen molar-refractivity contribution in [3.63, 3.8) is 0 Å². The lowest BCUT2D eigenvalue weighted by atomic mass is 10.1. The van der Waals surface area contributed by atoms with Gasteiger partial charge in [-0.2, -0.15) is 0 Å². The van der Waals surface area contributed by atoms with Crippen LogP contribution in [0, 0.1) is 3.70 Å². The molecule has 3 aromatic rings. The average molecular weight is 365 g/mol. The largest absolute Gasteiger partial charge is 0.429 e. The lowest BCUT2D eigenvalue weighted by molar-refractivity contribution is -0.120. The number of nitrogens with zero attached hydrogens (tertiary/aromatic N) is 3. The molecule has 2 heterocycles. The molecule has 5 nitrogen and oxygen atoms in total. The van der Waals surface area contributed by atoms with Gasteiger partial charge >= 0.3 is 0 Å². The summed E-state index contributed by atoms with van der Waals surface area (Å²) >= 11 is 2.22. The Morgan fingerprint density at radius 2 is 1.95 bits per heavy atom. The zero-order valence-electron chi connectivity index (χ0n) is 9.65. The Morgan fingerprint density at radius 1 is 1.16 bits per heavy atom. The Hall–Kier alpha value is -1.96. The Morgan fingerprint density at radius 3 is 2.68 bits per heavy atom. The number of fused-ring (bicyclic) bond motifs is 1. The highest BCUT2D eigenvalue weighted by atomic mass is 127. The minimum absolute atomic E-state index is 0.410. The van der Waals surface area contributed by atoms with Crippen LogP contribution in [0.1, 0.15) is 0 Å². The van der Waals surface area contributed by atoms with Crippen molar-refractivity contribution in [2.45, 2.75) is 0 Å². The third kappa shape index (κ3) is 2.30. The Bertz CT molecular complexity index is 737. The van der Waals surface area contributed by atoms with Crippen LogP contribution < -0.4 is 4.74 Å². The summed E-state index contributed by atoms with van der Waals surface area (Å²) in [6.45, 7) is 0.410. The summed E-state index contributed by atoms with van der Waals surface area (Å²) in [5.74, 6) is 0.511. The predicted molar refractivity (Wildman–Crippen MR) is 77.8 cm³/mol. The monoisotopic (exact) mass is 365 g/mol. The molecule has 0 atom stereocenters. The van der Waals surface area contributed by atoms with E-state index in [1.807, 2.05) is 22.7 Å². The molecule has 0 radical (unpaired) electrons. The molecule has 1 aromatic carbocycles. The van der Waals surface area contributed by atoms with Gasteiger partial charge < -0.3 is 4.74 Å². The van der Waals surface area contributed by atoms with Crippen LogP contribution in [-0.4, -0.2) is 20.8 Å². The van der Waals surface area contributed by atoms with Crippen LogP contribution in [0.5, 0.6) is 5.75 Å². The van der Waals surface area contributed by atoms with Crippen LogP contribution >= 0.6 is 22.6 Å². The number of aromatic nitrogens is 3. The Labute approximate surface area is 122 Å². The van der Waals surface area contributed by atoms with Crippen molar-refractivity contribution in [3.05, 3.63) is 46.6 Å². The third-order valence-electron chi connectivity index (χ3n) is 2.69. The number of hydrogen-bond donors (Lipinski definition) is 0. The maximum atomic E-state index is 10.2. The molecule has 0 amide bonds. The summed E-state index contributed by atoms with van der Waals surface area (Å²) in [7, 11) is 0. The summed E-state index contributed by atoms with van der Waals surface area (Å²) in [5.41, 5.74) is 2.60. The van der Waals surface area contributed by atoms with Crippen molar-refractivity contribution in [1.29, 1.82) is 0 Å². The number of benzene rings is 1. The van der Waals surface area contributed by atoms with E-state index in [2.05, 4.69) is 32.6 Å². The van der Waals surface area contributed by atoms with E-state index >= 15 is 0 Å². The molecule has 0 aliphatic heterocycles. The van der Waals surface area contributed by atoms with E-state index < -0.39 is 0 Å². The highest BCUT2D eigenvalue weighted by molar-refractivity contribution is 14.1. The Kier molecular flexibility index (Phi) is 3.16. The fraction of sp³-hybridized carbons (Fsp3) is 0. The second kappa shape index (κ2) is 4.96. The molecule has 6 heteroatoms. The molecule has 0 spiro atoms. The van der Waals surface area contributed by atoms with Gasteiger partial charge in [-0.1, -0.05) is 0 Å². The molecule has 0 aliphatic carbocycles. The van der Waals surface area contributed by atoms with Gasteiger partial charge in [-0.05, 0) is 46.9 Å². The maximum Gasteiger partial charge on any atom is 0.298 e. The van der Waals surface area contributed by atoms with Gasteiger partial charge in [0.15, 0.2) is 5.65 Å². The van der Waals surface area contributed by atoms with Crippen LogP contribution in [-0.2, 0) is 4.79 Å². The zero-order valence-corrected chi connectivity index (χ0v) is 11.8. The predicted octanol–water partition coefficient (Wildman–Crippen LogP) is 2.54. The van der Waals surface area contributed by atoms with E-state index in [0.717, 1.165) is 20.6 Å². The minimum Gasteiger partial charge on any atom is -0.429 e. The first-order chi connectivity index (χ1) is 9.28. The SMILES string of the molecule is O=COc1ccc(-c2cn3c(I)cnc3cn2)cc1. The highest BCUT2D eigenvalue weighted by Crippen LogP contribution is 2.21. The van der Waals surface area contributed by atoms with E-state index in [-0.39, 0.29) is 0 Å². The van der Waals surface area contributed by atoms with Gasteiger partial charge in [-0.3, -0.25) is 14.2 Å². The fourth-order valence-corrected chi connectivity index (χ4v) is 2.29. The number of imidazole rings is 1. The quantitative estimate of drug-likeness (QED) is 0.529. The number of halogens is 1. The molecular formula is C13H8IN3O2. The maximum absolute atomic E-state index is 10.2. The first-order valence-electron chi connectivity index (χ1n) is 5.47. The minimum atomic E-state index is 0.410. The summed E-state index contributed by atoms with van der Waals surface area (Å²) in [5, 5.41) is 0. The lowest BCUT2D eigenvalue weighted by Gasteiger charge is -2.03. The van der Waals surface area contributed by atoms with Gasteiger partial charge in [0.2, 0.25) is 0 Å². The van der Waals surface area contributed by atoms with Crippen molar-refractivity contribution < 1.29 is 9.53 Å². The van der Waals surface area contributed by atoms with Crippen molar-refractivity contribution in [1.82, 2.24) is 14.4 Å². The van der Waals surface area contributed by atoms with Gasteiger partial charge in [-0.15, -0.1) is 0 Å². The molecule has 0 saturated heterocycles. The normalized spacial score (nSPS) is 10.6. The third-order valence-corrected chi connectivity index (χ3v) is 3.48. The smallest absolute Gasteiger partial charge is 0.298 e. The molecule has 94 valence electrons. The van der Waals surface area contributed by atoms with E-state index in [4.69, 9.17) is 4.74 Å². The van der Waals surface area contributed by atoms with Gasteiger partial charge in [0.05, 0.1) is 18.1 Å².